The summed E-state index contributed by atoms with van der Waals surface area (Å²) in [6.45, 7) is 12.9. The lowest BCUT2D eigenvalue weighted by atomic mass is 9.92. The van der Waals surface area contributed by atoms with E-state index in [1.807, 2.05) is 51.1 Å². The van der Waals surface area contributed by atoms with Crippen LogP contribution < -0.4 is 5.32 Å². The van der Waals surface area contributed by atoms with Crippen LogP contribution in [0.1, 0.15) is 65.1 Å². The molecule has 158 valence electrons. The zero-order valence-corrected chi connectivity index (χ0v) is 18.6. The SMILES string of the molecule is CCCC(=O)N(CCC)CC(=O)Nc1cc(C(C)(C)C)nn1-c1cccc(C)c1. The highest BCUT2D eigenvalue weighted by Crippen LogP contribution is 2.26. The van der Waals surface area contributed by atoms with Gasteiger partial charge in [-0.05, 0) is 37.5 Å². The van der Waals surface area contributed by atoms with Crippen LogP contribution in [0.3, 0.4) is 0 Å². The molecule has 0 radical (unpaired) electrons. The lowest BCUT2D eigenvalue weighted by molar-refractivity contribution is -0.134. The predicted molar refractivity (Wildman–Crippen MR) is 117 cm³/mol. The lowest BCUT2D eigenvalue weighted by Crippen LogP contribution is -2.38. The molecule has 29 heavy (non-hydrogen) atoms. The number of nitrogens with one attached hydrogen (secondary N) is 1. The van der Waals surface area contributed by atoms with E-state index in [0.717, 1.165) is 29.8 Å². The Labute approximate surface area is 174 Å². The van der Waals surface area contributed by atoms with Gasteiger partial charge in [0.1, 0.15) is 5.82 Å². The maximum Gasteiger partial charge on any atom is 0.245 e. The lowest BCUT2D eigenvalue weighted by Gasteiger charge is -2.21. The van der Waals surface area contributed by atoms with Gasteiger partial charge in [0.25, 0.3) is 0 Å². The molecule has 2 amide bonds. The molecule has 2 aromatic rings. The highest BCUT2D eigenvalue weighted by Gasteiger charge is 2.22. The molecule has 1 aromatic heterocycles. The third-order valence-corrected chi connectivity index (χ3v) is 4.64. The smallest absolute Gasteiger partial charge is 0.245 e. The fraction of sp³-hybridized carbons (Fsp3) is 0.522. The molecule has 1 N–H and O–H groups in total. The van der Waals surface area contributed by atoms with Gasteiger partial charge >= 0.3 is 0 Å². The summed E-state index contributed by atoms with van der Waals surface area (Å²) in [5.41, 5.74) is 2.75. The summed E-state index contributed by atoms with van der Waals surface area (Å²) < 4.78 is 1.77. The van der Waals surface area contributed by atoms with Gasteiger partial charge in [-0.2, -0.15) is 5.10 Å². The third-order valence-electron chi connectivity index (χ3n) is 4.64. The van der Waals surface area contributed by atoms with E-state index in [4.69, 9.17) is 5.10 Å². The summed E-state index contributed by atoms with van der Waals surface area (Å²) in [5.74, 6) is 0.425. The summed E-state index contributed by atoms with van der Waals surface area (Å²) in [6.07, 6.45) is 2.05. The molecule has 0 aliphatic carbocycles. The van der Waals surface area contributed by atoms with Gasteiger partial charge in [-0.1, -0.05) is 46.8 Å². The highest BCUT2D eigenvalue weighted by atomic mass is 16.2. The Bertz CT molecular complexity index is 849. The first kappa shape index (κ1) is 22.7. The second-order valence-corrected chi connectivity index (χ2v) is 8.53. The van der Waals surface area contributed by atoms with Gasteiger partial charge in [-0.25, -0.2) is 4.68 Å². The second kappa shape index (κ2) is 9.72. The van der Waals surface area contributed by atoms with Gasteiger partial charge in [-0.15, -0.1) is 0 Å². The summed E-state index contributed by atoms with van der Waals surface area (Å²) in [7, 11) is 0. The van der Waals surface area contributed by atoms with Crippen LogP contribution in [0, 0.1) is 6.92 Å². The quantitative estimate of drug-likeness (QED) is 0.714. The Morgan fingerprint density at radius 3 is 2.45 bits per heavy atom. The van der Waals surface area contributed by atoms with E-state index < -0.39 is 0 Å². The average molecular weight is 399 g/mol. The number of aryl methyl sites for hydroxylation is 1. The number of nitrogens with zero attached hydrogens (tertiary/aromatic N) is 3. The van der Waals surface area contributed by atoms with Crippen LogP contribution in [0.25, 0.3) is 5.69 Å². The number of carbonyl (C=O) groups excluding carboxylic acids is 2. The first-order valence-electron chi connectivity index (χ1n) is 10.4. The largest absolute Gasteiger partial charge is 0.333 e. The van der Waals surface area contributed by atoms with E-state index in [1.54, 1.807) is 9.58 Å². The van der Waals surface area contributed by atoms with Crippen molar-refractivity contribution in [2.75, 3.05) is 18.4 Å². The molecular formula is C23H34N4O2. The molecule has 1 aromatic carbocycles. The minimum Gasteiger partial charge on any atom is -0.333 e. The topological polar surface area (TPSA) is 67.2 Å². The molecule has 0 fully saturated rings. The normalized spacial score (nSPS) is 11.4. The van der Waals surface area contributed by atoms with Crippen LogP contribution in [0.15, 0.2) is 30.3 Å². The van der Waals surface area contributed by atoms with Crippen molar-refractivity contribution in [2.45, 2.75) is 66.2 Å². The van der Waals surface area contributed by atoms with Gasteiger partial charge in [-0.3, -0.25) is 9.59 Å². The van der Waals surface area contributed by atoms with Gasteiger partial charge in [0.2, 0.25) is 11.8 Å². The Hall–Kier alpha value is -2.63. The maximum absolute atomic E-state index is 12.8. The molecule has 0 aliphatic rings. The van der Waals surface area contributed by atoms with Crippen molar-refractivity contribution in [3.63, 3.8) is 0 Å². The highest BCUT2D eigenvalue weighted by molar-refractivity contribution is 5.94. The maximum atomic E-state index is 12.8. The number of hydrogen-bond acceptors (Lipinski definition) is 3. The number of hydrogen-bond donors (Lipinski definition) is 1. The minimum absolute atomic E-state index is 0.0204. The molecular weight excluding hydrogens is 364 g/mol. The molecule has 0 saturated heterocycles. The van der Waals surface area contributed by atoms with Crippen molar-refractivity contribution in [3.05, 3.63) is 41.6 Å². The first-order valence-corrected chi connectivity index (χ1v) is 10.4. The molecule has 0 atom stereocenters. The Morgan fingerprint density at radius 2 is 1.86 bits per heavy atom. The fourth-order valence-electron chi connectivity index (χ4n) is 3.08. The molecule has 0 saturated carbocycles. The molecule has 6 heteroatoms. The van der Waals surface area contributed by atoms with Crippen LogP contribution in [-0.4, -0.2) is 39.6 Å². The van der Waals surface area contributed by atoms with Crippen LogP contribution >= 0.6 is 0 Å². The molecule has 2 rings (SSSR count). The van der Waals surface area contributed by atoms with Gasteiger partial charge in [0.15, 0.2) is 0 Å². The molecule has 0 unspecified atom stereocenters. The van der Waals surface area contributed by atoms with Crippen LogP contribution in [0.4, 0.5) is 5.82 Å². The van der Waals surface area contributed by atoms with Gasteiger partial charge in [0.05, 0.1) is 17.9 Å². The molecule has 6 nitrogen and oxygen atoms in total. The van der Waals surface area contributed by atoms with E-state index in [2.05, 4.69) is 26.1 Å². The zero-order valence-electron chi connectivity index (χ0n) is 18.6. The third kappa shape index (κ3) is 6.17. The number of carbonyl (C=O) groups is 2. The second-order valence-electron chi connectivity index (χ2n) is 8.53. The van der Waals surface area contributed by atoms with E-state index in [9.17, 15) is 9.59 Å². The Morgan fingerprint density at radius 1 is 1.14 bits per heavy atom. The number of amides is 2. The number of anilines is 1. The standard InChI is InChI=1S/C23H34N4O2/c1-7-10-22(29)26(13-8-2)16-21(28)24-20-15-19(23(4,5)6)25-27(20)18-12-9-11-17(3)14-18/h9,11-12,14-15H,7-8,10,13,16H2,1-6H3,(H,24,28). The van der Waals surface area contributed by atoms with E-state index in [-0.39, 0.29) is 23.8 Å². The van der Waals surface area contributed by atoms with E-state index in [1.165, 1.54) is 0 Å². The van der Waals surface area contributed by atoms with Crippen molar-refractivity contribution in [2.24, 2.45) is 0 Å². The van der Waals surface area contributed by atoms with Crippen molar-refractivity contribution in [1.82, 2.24) is 14.7 Å². The number of aromatic nitrogens is 2. The monoisotopic (exact) mass is 398 g/mol. The molecule has 0 aliphatic heterocycles. The van der Waals surface area contributed by atoms with Crippen molar-refractivity contribution in [3.8, 4) is 5.69 Å². The summed E-state index contributed by atoms with van der Waals surface area (Å²) >= 11 is 0. The van der Waals surface area contributed by atoms with E-state index >= 15 is 0 Å². The van der Waals surface area contributed by atoms with Gasteiger partial charge in [0, 0.05) is 24.4 Å². The van der Waals surface area contributed by atoms with Gasteiger partial charge < -0.3 is 10.2 Å². The minimum atomic E-state index is -0.211. The van der Waals surface area contributed by atoms with Crippen LogP contribution in [0.5, 0.6) is 0 Å². The summed E-state index contributed by atoms with van der Waals surface area (Å²) in [5, 5.41) is 7.72. The average Bonchev–Trinajstić information content (AvgIpc) is 3.05. The molecule has 0 bridgehead atoms. The Kier molecular flexibility index (Phi) is 7.59. The van der Waals surface area contributed by atoms with E-state index in [0.29, 0.717) is 18.8 Å². The Balaban J connectivity index is 2.29. The van der Waals surface area contributed by atoms with Crippen molar-refractivity contribution < 1.29 is 9.59 Å². The summed E-state index contributed by atoms with van der Waals surface area (Å²) in [6, 6.07) is 9.91. The molecule has 1 heterocycles. The fourth-order valence-corrected chi connectivity index (χ4v) is 3.08. The summed E-state index contributed by atoms with van der Waals surface area (Å²) in [4.78, 5) is 26.7. The first-order chi connectivity index (χ1) is 13.7. The van der Waals surface area contributed by atoms with Crippen molar-refractivity contribution in [1.29, 1.82) is 0 Å². The van der Waals surface area contributed by atoms with Crippen LogP contribution in [-0.2, 0) is 15.0 Å². The zero-order chi connectivity index (χ0) is 21.6. The number of rotatable bonds is 8. The van der Waals surface area contributed by atoms with Crippen molar-refractivity contribution >= 4 is 17.6 Å². The number of benzene rings is 1. The van der Waals surface area contributed by atoms with Crippen LogP contribution in [0.2, 0.25) is 0 Å². The molecule has 0 spiro atoms. The predicted octanol–water partition coefficient (Wildman–Crippen LogP) is 4.46.